The minimum atomic E-state index is -0.241. The number of nitrogens with one attached hydrogen (secondary N) is 3. The summed E-state index contributed by atoms with van der Waals surface area (Å²) in [6.07, 6.45) is 3.20. The lowest BCUT2D eigenvalue weighted by Crippen LogP contribution is -2.31. The standard InChI is InChI=1S/C18H16N4OS/c23-17-16(21-14-8-4-5-9-15(14)22-17)10-11-19-18(24)20-12-13-6-2-1-3-7-13/h1-11H,12H2,(H,22,23)(H2,19,20,24)/b11-10+. The number of rotatable bonds is 4. The average Bonchev–Trinajstić information content (AvgIpc) is 2.61. The lowest BCUT2D eigenvalue weighted by atomic mass is 10.2. The van der Waals surface area contributed by atoms with Gasteiger partial charge in [0.15, 0.2) is 5.11 Å². The minimum absolute atomic E-state index is 0.241. The van der Waals surface area contributed by atoms with Gasteiger partial charge in [-0.3, -0.25) is 4.79 Å². The number of hydrogen-bond donors (Lipinski definition) is 3. The van der Waals surface area contributed by atoms with E-state index in [0.717, 1.165) is 11.1 Å². The molecule has 0 aliphatic heterocycles. The van der Waals surface area contributed by atoms with Gasteiger partial charge in [0.25, 0.3) is 5.56 Å². The molecule has 6 heteroatoms. The molecule has 0 radical (unpaired) electrons. The molecule has 3 aromatic rings. The van der Waals surface area contributed by atoms with Crippen LogP contribution in [0.2, 0.25) is 0 Å². The van der Waals surface area contributed by atoms with E-state index in [-0.39, 0.29) is 5.56 Å². The van der Waals surface area contributed by atoms with E-state index in [1.807, 2.05) is 54.6 Å². The van der Waals surface area contributed by atoms with Gasteiger partial charge in [0.2, 0.25) is 0 Å². The first-order valence-electron chi connectivity index (χ1n) is 7.46. The topological polar surface area (TPSA) is 69.8 Å². The van der Waals surface area contributed by atoms with Crippen LogP contribution in [0, 0.1) is 0 Å². The van der Waals surface area contributed by atoms with Gasteiger partial charge in [0, 0.05) is 12.7 Å². The van der Waals surface area contributed by atoms with Crippen LogP contribution >= 0.6 is 12.2 Å². The molecule has 120 valence electrons. The first kappa shape index (κ1) is 15.9. The van der Waals surface area contributed by atoms with E-state index in [9.17, 15) is 4.79 Å². The Labute approximate surface area is 144 Å². The van der Waals surface area contributed by atoms with Crippen LogP contribution in [0.1, 0.15) is 11.3 Å². The van der Waals surface area contributed by atoms with Crippen molar-refractivity contribution in [1.82, 2.24) is 20.6 Å². The third kappa shape index (κ3) is 4.05. The Morgan fingerprint density at radius 2 is 1.88 bits per heavy atom. The molecule has 0 saturated carbocycles. The number of nitrogens with zero attached hydrogens (tertiary/aromatic N) is 1. The van der Waals surface area contributed by atoms with Crippen molar-refractivity contribution in [2.75, 3.05) is 0 Å². The molecule has 2 aromatic carbocycles. The van der Waals surface area contributed by atoms with E-state index in [2.05, 4.69) is 20.6 Å². The molecule has 0 amide bonds. The number of H-pyrrole nitrogens is 1. The van der Waals surface area contributed by atoms with Crippen molar-refractivity contribution in [2.45, 2.75) is 6.54 Å². The predicted molar refractivity (Wildman–Crippen MR) is 100 cm³/mol. The molecule has 1 heterocycles. The maximum atomic E-state index is 12.0. The fourth-order valence-corrected chi connectivity index (χ4v) is 2.32. The van der Waals surface area contributed by atoms with Crippen molar-refractivity contribution in [2.24, 2.45) is 0 Å². The summed E-state index contributed by atoms with van der Waals surface area (Å²) in [6, 6.07) is 17.4. The van der Waals surface area contributed by atoms with Crippen LogP contribution in [0.15, 0.2) is 65.6 Å². The summed E-state index contributed by atoms with van der Waals surface area (Å²) >= 11 is 5.20. The molecular formula is C18H16N4OS. The van der Waals surface area contributed by atoms with Crippen LogP contribution in [0.4, 0.5) is 0 Å². The van der Waals surface area contributed by atoms with Gasteiger partial charge in [0.05, 0.1) is 11.0 Å². The van der Waals surface area contributed by atoms with Gasteiger partial charge in [-0.25, -0.2) is 4.98 Å². The number of hydrogen-bond acceptors (Lipinski definition) is 3. The second-order valence-electron chi connectivity index (χ2n) is 5.11. The Kier molecular flexibility index (Phi) is 4.98. The third-order valence-corrected chi connectivity index (χ3v) is 3.64. The largest absolute Gasteiger partial charge is 0.358 e. The molecule has 0 saturated heterocycles. The average molecular weight is 336 g/mol. The van der Waals surface area contributed by atoms with Gasteiger partial charge in [-0.2, -0.15) is 0 Å². The van der Waals surface area contributed by atoms with Gasteiger partial charge < -0.3 is 15.6 Å². The highest BCUT2D eigenvalue weighted by molar-refractivity contribution is 7.80. The van der Waals surface area contributed by atoms with Crippen molar-refractivity contribution in [1.29, 1.82) is 0 Å². The highest BCUT2D eigenvalue weighted by Gasteiger charge is 2.01. The summed E-state index contributed by atoms with van der Waals surface area (Å²) in [4.78, 5) is 19.1. The maximum absolute atomic E-state index is 12.0. The number of aromatic nitrogens is 2. The minimum Gasteiger partial charge on any atom is -0.358 e. The van der Waals surface area contributed by atoms with Gasteiger partial charge in [-0.1, -0.05) is 42.5 Å². The van der Waals surface area contributed by atoms with E-state index in [1.54, 1.807) is 12.3 Å². The molecule has 0 atom stereocenters. The fourth-order valence-electron chi connectivity index (χ4n) is 2.18. The molecule has 5 nitrogen and oxygen atoms in total. The van der Waals surface area contributed by atoms with Crippen LogP contribution in [-0.2, 0) is 6.54 Å². The zero-order valence-electron chi connectivity index (χ0n) is 12.8. The van der Waals surface area contributed by atoms with Crippen molar-refractivity contribution in [3.63, 3.8) is 0 Å². The van der Waals surface area contributed by atoms with E-state index in [1.165, 1.54) is 0 Å². The molecule has 0 bridgehead atoms. The summed E-state index contributed by atoms with van der Waals surface area (Å²) in [6.45, 7) is 0.634. The van der Waals surface area contributed by atoms with Crippen molar-refractivity contribution >= 4 is 34.4 Å². The predicted octanol–water partition coefficient (Wildman–Crippen LogP) is 2.56. The molecule has 0 spiro atoms. The summed E-state index contributed by atoms with van der Waals surface area (Å²) in [7, 11) is 0. The molecule has 24 heavy (non-hydrogen) atoms. The Balaban J connectivity index is 1.60. The highest BCUT2D eigenvalue weighted by Crippen LogP contribution is 2.06. The zero-order valence-corrected chi connectivity index (χ0v) is 13.6. The SMILES string of the molecule is O=c1[nH]c2ccccc2nc1/C=C/NC(=S)NCc1ccccc1. The number of para-hydroxylation sites is 2. The van der Waals surface area contributed by atoms with E-state index in [4.69, 9.17) is 12.2 Å². The van der Waals surface area contributed by atoms with Crippen LogP contribution in [0.3, 0.4) is 0 Å². The fraction of sp³-hybridized carbons (Fsp3) is 0.0556. The Morgan fingerprint density at radius 1 is 1.12 bits per heavy atom. The van der Waals surface area contributed by atoms with Gasteiger partial charge in [-0.05, 0) is 36.0 Å². The molecule has 1 aromatic heterocycles. The summed E-state index contributed by atoms with van der Waals surface area (Å²) in [5.74, 6) is 0. The molecular weight excluding hydrogens is 320 g/mol. The molecule has 0 unspecified atom stereocenters. The maximum Gasteiger partial charge on any atom is 0.274 e. The third-order valence-electron chi connectivity index (χ3n) is 3.38. The highest BCUT2D eigenvalue weighted by atomic mass is 32.1. The Morgan fingerprint density at radius 3 is 2.71 bits per heavy atom. The second-order valence-corrected chi connectivity index (χ2v) is 5.52. The number of fused-ring (bicyclic) bond motifs is 1. The normalized spacial score (nSPS) is 10.8. The smallest absolute Gasteiger partial charge is 0.274 e. The number of benzene rings is 2. The Bertz CT molecular complexity index is 934. The molecule has 0 aliphatic rings. The quantitative estimate of drug-likeness (QED) is 0.639. The number of aromatic amines is 1. The second kappa shape index (κ2) is 7.52. The van der Waals surface area contributed by atoms with Crippen LogP contribution < -0.4 is 16.2 Å². The zero-order chi connectivity index (χ0) is 16.8. The van der Waals surface area contributed by atoms with Gasteiger partial charge in [0.1, 0.15) is 5.69 Å². The molecule has 0 fully saturated rings. The van der Waals surface area contributed by atoms with E-state index < -0.39 is 0 Å². The van der Waals surface area contributed by atoms with Crippen molar-refractivity contribution < 1.29 is 0 Å². The summed E-state index contributed by atoms with van der Waals surface area (Å²) in [5.41, 5.74) is 2.68. The van der Waals surface area contributed by atoms with E-state index >= 15 is 0 Å². The van der Waals surface area contributed by atoms with Gasteiger partial charge in [-0.15, -0.1) is 0 Å². The molecule has 3 rings (SSSR count). The lowest BCUT2D eigenvalue weighted by molar-refractivity contribution is 0.901. The summed E-state index contributed by atoms with van der Waals surface area (Å²) in [5, 5.41) is 6.49. The van der Waals surface area contributed by atoms with Crippen LogP contribution in [0.5, 0.6) is 0 Å². The number of thiocarbonyl (C=S) groups is 1. The Hall–Kier alpha value is -2.99. The molecule has 3 N–H and O–H groups in total. The van der Waals surface area contributed by atoms with Crippen molar-refractivity contribution in [3.05, 3.63) is 82.4 Å². The van der Waals surface area contributed by atoms with E-state index in [0.29, 0.717) is 22.9 Å². The van der Waals surface area contributed by atoms with Crippen molar-refractivity contribution in [3.8, 4) is 0 Å². The van der Waals surface area contributed by atoms with Crippen LogP contribution in [0.25, 0.3) is 17.1 Å². The lowest BCUT2D eigenvalue weighted by Gasteiger charge is -2.07. The molecule has 0 aliphatic carbocycles. The van der Waals surface area contributed by atoms with Gasteiger partial charge >= 0.3 is 0 Å². The van der Waals surface area contributed by atoms with Crippen LogP contribution in [-0.4, -0.2) is 15.1 Å². The monoisotopic (exact) mass is 336 g/mol. The summed E-state index contributed by atoms with van der Waals surface area (Å²) < 4.78 is 0. The first-order valence-corrected chi connectivity index (χ1v) is 7.87. The first-order chi connectivity index (χ1) is 11.7.